The van der Waals surface area contributed by atoms with Crippen LogP contribution >= 0.6 is 0 Å². The van der Waals surface area contributed by atoms with E-state index in [9.17, 15) is 9.59 Å². The summed E-state index contributed by atoms with van der Waals surface area (Å²) in [4.78, 5) is 26.8. The van der Waals surface area contributed by atoms with E-state index in [1.54, 1.807) is 24.5 Å². The van der Waals surface area contributed by atoms with E-state index in [1.807, 2.05) is 0 Å². The summed E-state index contributed by atoms with van der Waals surface area (Å²) in [5.74, 6) is -0.827. The van der Waals surface area contributed by atoms with Gasteiger partial charge in [-0.05, 0) is 24.8 Å². The zero-order valence-electron chi connectivity index (χ0n) is 10.7. The molecule has 0 radical (unpaired) electrons. The standard InChI is InChI=1S/C13H14N4O3/c18-12(19)7-8-5-9(6-8)16-13(20)10-1-3-14-11-2-4-15-17(10)11/h1-4,8-9H,5-7H2,(H,16,20)(H,18,19). The molecule has 0 spiro atoms. The normalized spacial score (nSPS) is 21.4. The van der Waals surface area contributed by atoms with Gasteiger partial charge in [-0.3, -0.25) is 9.59 Å². The van der Waals surface area contributed by atoms with Crippen LogP contribution in [0.1, 0.15) is 29.8 Å². The van der Waals surface area contributed by atoms with Gasteiger partial charge < -0.3 is 10.4 Å². The monoisotopic (exact) mass is 274 g/mol. The molecule has 1 aliphatic carbocycles. The first-order chi connectivity index (χ1) is 9.63. The van der Waals surface area contributed by atoms with Gasteiger partial charge in [0.25, 0.3) is 5.91 Å². The van der Waals surface area contributed by atoms with Crippen molar-refractivity contribution in [2.45, 2.75) is 25.3 Å². The van der Waals surface area contributed by atoms with Crippen molar-refractivity contribution in [1.29, 1.82) is 0 Å². The molecule has 0 unspecified atom stereocenters. The van der Waals surface area contributed by atoms with E-state index in [0.29, 0.717) is 24.2 Å². The number of hydrogen-bond acceptors (Lipinski definition) is 4. The summed E-state index contributed by atoms with van der Waals surface area (Å²) >= 11 is 0. The van der Waals surface area contributed by atoms with Gasteiger partial charge >= 0.3 is 5.97 Å². The Bertz CT molecular complexity index is 660. The zero-order valence-corrected chi connectivity index (χ0v) is 10.7. The van der Waals surface area contributed by atoms with Gasteiger partial charge in [0.15, 0.2) is 5.65 Å². The fraction of sp³-hybridized carbons (Fsp3) is 0.385. The van der Waals surface area contributed by atoms with Crippen LogP contribution in [0.2, 0.25) is 0 Å². The highest BCUT2D eigenvalue weighted by Crippen LogP contribution is 2.30. The smallest absolute Gasteiger partial charge is 0.303 e. The van der Waals surface area contributed by atoms with E-state index < -0.39 is 5.97 Å². The maximum Gasteiger partial charge on any atom is 0.303 e. The second kappa shape index (κ2) is 4.92. The van der Waals surface area contributed by atoms with Crippen LogP contribution in [0.15, 0.2) is 24.5 Å². The van der Waals surface area contributed by atoms with Crippen LogP contribution in [0.3, 0.4) is 0 Å². The molecular formula is C13H14N4O3. The van der Waals surface area contributed by atoms with Crippen LogP contribution in [0, 0.1) is 5.92 Å². The Morgan fingerprint density at radius 1 is 1.35 bits per heavy atom. The fourth-order valence-corrected chi connectivity index (χ4v) is 2.53. The number of amides is 1. The first-order valence-electron chi connectivity index (χ1n) is 6.45. The van der Waals surface area contributed by atoms with Gasteiger partial charge in [0.2, 0.25) is 0 Å². The van der Waals surface area contributed by atoms with E-state index in [2.05, 4.69) is 15.4 Å². The molecule has 3 rings (SSSR count). The molecule has 0 aliphatic heterocycles. The summed E-state index contributed by atoms with van der Waals surface area (Å²) in [5, 5.41) is 15.6. The number of aliphatic carboxylic acids is 1. The van der Waals surface area contributed by atoms with Gasteiger partial charge in [-0.15, -0.1) is 0 Å². The highest BCUT2D eigenvalue weighted by molar-refractivity contribution is 5.93. The summed E-state index contributed by atoms with van der Waals surface area (Å²) in [6.45, 7) is 0. The summed E-state index contributed by atoms with van der Waals surface area (Å²) in [5.41, 5.74) is 1.05. The van der Waals surface area contributed by atoms with E-state index in [-0.39, 0.29) is 24.3 Å². The van der Waals surface area contributed by atoms with Crippen LogP contribution in [-0.4, -0.2) is 37.6 Å². The second-order valence-corrected chi connectivity index (χ2v) is 5.04. The van der Waals surface area contributed by atoms with Crippen LogP contribution in [0.4, 0.5) is 0 Å². The van der Waals surface area contributed by atoms with Crippen molar-refractivity contribution in [3.63, 3.8) is 0 Å². The number of carboxylic acid groups (broad SMARTS) is 1. The van der Waals surface area contributed by atoms with Gasteiger partial charge in [-0.25, -0.2) is 9.50 Å². The Morgan fingerprint density at radius 3 is 2.90 bits per heavy atom. The average molecular weight is 274 g/mol. The lowest BCUT2D eigenvalue weighted by molar-refractivity contribution is -0.138. The molecule has 2 N–H and O–H groups in total. The maximum absolute atomic E-state index is 12.2. The van der Waals surface area contributed by atoms with E-state index in [0.717, 1.165) is 0 Å². The SMILES string of the molecule is O=C(O)CC1CC(NC(=O)c2ccnc3ccnn23)C1. The van der Waals surface area contributed by atoms with Crippen LogP contribution < -0.4 is 5.32 Å². The van der Waals surface area contributed by atoms with Crippen molar-refractivity contribution in [3.05, 3.63) is 30.2 Å². The number of nitrogens with one attached hydrogen (secondary N) is 1. The first kappa shape index (κ1) is 12.6. The number of rotatable bonds is 4. The van der Waals surface area contributed by atoms with Crippen LogP contribution in [-0.2, 0) is 4.79 Å². The van der Waals surface area contributed by atoms with Gasteiger partial charge in [-0.1, -0.05) is 0 Å². The minimum atomic E-state index is -0.785. The Morgan fingerprint density at radius 2 is 2.15 bits per heavy atom. The third kappa shape index (κ3) is 2.34. The van der Waals surface area contributed by atoms with Crippen molar-refractivity contribution in [2.24, 2.45) is 5.92 Å². The van der Waals surface area contributed by atoms with Crippen molar-refractivity contribution >= 4 is 17.5 Å². The number of fused-ring (bicyclic) bond motifs is 1. The van der Waals surface area contributed by atoms with E-state index in [1.165, 1.54) is 4.52 Å². The molecule has 0 saturated heterocycles. The van der Waals surface area contributed by atoms with Gasteiger partial charge in [0.05, 0.1) is 6.20 Å². The molecule has 0 aromatic carbocycles. The molecule has 2 aromatic rings. The highest BCUT2D eigenvalue weighted by Gasteiger charge is 2.32. The molecule has 20 heavy (non-hydrogen) atoms. The fourth-order valence-electron chi connectivity index (χ4n) is 2.53. The number of aromatic nitrogens is 3. The molecular weight excluding hydrogens is 260 g/mol. The topological polar surface area (TPSA) is 96.6 Å². The van der Waals surface area contributed by atoms with Gasteiger partial charge in [-0.2, -0.15) is 5.10 Å². The number of carbonyl (C=O) groups is 2. The zero-order chi connectivity index (χ0) is 14.1. The maximum atomic E-state index is 12.2. The quantitative estimate of drug-likeness (QED) is 0.856. The van der Waals surface area contributed by atoms with Gasteiger partial charge in [0.1, 0.15) is 5.69 Å². The van der Waals surface area contributed by atoms with Crippen LogP contribution in [0.5, 0.6) is 0 Å². The summed E-state index contributed by atoms with van der Waals surface area (Å²) in [6, 6.07) is 3.39. The Kier molecular flexibility index (Phi) is 3.09. The number of carbonyl (C=O) groups excluding carboxylic acids is 1. The molecule has 2 heterocycles. The molecule has 2 aromatic heterocycles. The Hall–Kier alpha value is -2.44. The molecule has 1 amide bonds. The first-order valence-corrected chi connectivity index (χ1v) is 6.45. The van der Waals surface area contributed by atoms with Crippen molar-refractivity contribution in [1.82, 2.24) is 19.9 Å². The number of hydrogen-bond donors (Lipinski definition) is 2. The third-order valence-corrected chi connectivity index (χ3v) is 3.56. The summed E-state index contributed by atoms with van der Waals surface area (Å²) in [7, 11) is 0. The lowest BCUT2D eigenvalue weighted by Crippen LogP contribution is -2.45. The average Bonchev–Trinajstić information content (AvgIpc) is 2.83. The predicted molar refractivity (Wildman–Crippen MR) is 69.2 cm³/mol. The molecule has 0 bridgehead atoms. The van der Waals surface area contributed by atoms with Crippen LogP contribution in [0.25, 0.3) is 5.65 Å². The molecule has 7 nitrogen and oxygen atoms in total. The van der Waals surface area contributed by atoms with E-state index >= 15 is 0 Å². The highest BCUT2D eigenvalue weighted by atomic mass is 16.4. The lowest BCUT2D eigenvalue weighted by atomic mass is 9.78. The number of nitrogens with zero attached hydrogens (tertiary/aromatic N) is 3. The summed E-state index contributed by atoms with van der Waals surface area (Å²) in [6.07, 6.45) is 4.76. The second-order valence-electron chi connectivity index (χ2n) is 5.04. The Balaban J connectivity index is 1.63. The Labute approximate surface area is 114 Å². The van der Waals surface area contributed by atoms with Crippen molar-refractivity contribution < 1.29 is 14.7 Å². The summed E-state index contributed by atoms with van der Waals surface area (Å²) < 4.78 is 1.49. The molecule has 1 fully saturated rings. The minimum absolute atomic E-state index is 0.0469. The van der Waals surface area contributed by atoms with Crippen molar-refractivity contribution in [3.8, 4) is 0 Å². The van der Waals surface area contributed by atoms with Crippen molar-refractivity contribution in [2.75, 3.05) is 0 Å². The molecule has 1 aliphatic rings. The molecule has 0 atom stereocenters. The predicted octanol–water partition coefficient (Wildman–Crippen LogP) is 0.712. The molecule has 104 valence electrons. The third-order valence-electron chi connectivity index (χ3n) is 3.56. The molecule has 7 heteroatoms. The largest absolute Gasteiger partial charge is 0.481 e. The van der Waals surface area contributed by atoms with Gasteiger partial charge in [0, 0.05) is 24.7 Å². The minimum Gasteiger partial charge on any atom is -0.481 e. The molecule has 1 saturated carbocycles. The van der Waals surface area contributed by atoms with E-state index in [4.69, 9.17) is 5.11 Å². The lowest BCUT2D eigenvalue weighted by Gasteiger charge is -2.34. The number of carboxylic acids is 1.